The average Bonchev–Trinajstić information content (AvgIpc) is 2.67. The monoisotopic (exact) mass is 405 g/mol. The van der Waals surface area contributed by atoms with E-state index in [1.165, 1.54) is 24.3 Å². The fraction of sp³-hybridized carbons (Fsp3) is 0.500. The van der Waals surface area contributed by atoms with Crippen molar-refractivity contribution in [2.45, 2.75) is 39.7 Å². The molecule has 1 heterocycles. The predicted molar refractivity (Wildman–Crippen MR) is 107 cm³/mol. The molecule has 1 aromatic carbocycles. The zero-order valence-electron chi connectivity index (χ0n) is 17.0. The Morgan fingerprint density at radius 1 is 1.34 bits per heavy atom. The van der Waals surface area contributed by atoms with Gasteiger partial charge in [-0.25, -0.2) is 9.59 Å². The molecule has 29 heavy (non-hydrogen) atoms. The van der Waals surface area contributed by atoms with Crippen LogP contribution in [0.5, 0.6) is 0 Å². The Hall–Kier alpha value is -2.94. The van der Waals surface area contributed by atoms with Crippen LogP contribution in [0.15, 0.2) is 30.9 Å². The van der Waals surface area contributed by atoms with Gasteiger partial charge in [-0.1, -0.05) is 12.7 Å². The van der Waals surface area contributed by atoms with E-state index in [4.69, 9.17) is 9.57 Å². The van der Waals surface area contributed by atoms with Crippen molar-refractivity contribution in [3.8, 4) is 0 Å². The number of hydrogen-bond donors (Lipinski definition) is 1. The van der Waals surface area contributed by atoms with Gasteiger partial charge in [-0.05, 0) is 45.7 Å². The van der Waals surface area contributed by atoms with E-state index in [0.29, 0.717) is 31.6 Å². The number of esters is 1. The summed E-state index contributed by atoms with van der Waals surface area (Å²) in [5.41, 5.74) is -0.336. The Balaban J connectivity index is 2.00. The predicted octanol–water partition coefficient (Wildman–Crippen LogP) is 3.32. The van der Waals surface area contributed by atoms with Crippen LogP contribution in [0, 0.1) is 15.5 Å². The zero-order chi connectivity index (χ0) is 21.6. The molecule has 0 amide bonds. The second kappa shape index (κ2) is 9.51. The number of ether oxygens (including phenoxy) is 1. The summed E-state index contributed by atoms with van der Waals surface area (Å²) in [7, 11) is 0. The fourth-order valence-electron chi connectivity index (χ4n) is 2.72. The molecule has 1 N–H and O–H groups in total. The lowest BCUT2D eigenvalue weighted by Crippen LogP contribution is -2.42. The molecule has 9 nitrogen and oxygen atoms in total. The van der Waals surface area contributed by atoms with Gasteiger partial charge in [-0.15, -0.1) is 5.06 Å². The number of hydroxylamine groups is 2. The number of nitro benzene ring substituents is 1. The van der Waals surface area contributed by atoms with E-state index in [-0.39, 0.29) is 29.9 Å². The minimum Gasteiger partial charge on any atom is -0.458 e. The van der Waals surface area contributed by atoms with Gasteiger partial charge >= 0.3 is 11.9 Å². The number of carbonyl (C=O) groups excluding carboxylic acids is 2. The highest BCUT2D eigenvalue weighted by molar-refractivity contribution is 5.91. The van der Waals surface area contributed by atoms with Gasteiger partial charge < -0.3 is 14.9 Å². The number of piperidine rings is 1. The van der Waals surface area contributed by atoms with Gasteiger partial charge in [0.15, 0.2) is 0 Å². The van der Waals surface area contributed by atoms with E-state index in [2.05, 4.69) is 11.9 Å². The molecule has 1 aliphatic heterocycles. The van der Waals surface area contributed by atoms with E-state index in [1.807, 2.05) is 0 Å². The Labute approximate surface area is 169 Å². The summed E-state index contributed by atoms with van der Waals surface area (Å²) in [5, 5.41) is 16.2. The topological polar surface area (TPSA) is 111 Å². The first kappa shape index (κ1) is 22.4. The minimum atomic E-state index is -0.645. The Morgan fingerprint density at radius 3 is 2.55 bits per heavy atom. The third kappa shape index (κ3) is 6.28. The summed E-state index contributed by atoms with van der Waals surface area (Å²) < 4.78 is 4.92. The summed E-state index contributed by atoms with van der Waals surface area (Å²) in [6.07, 6.45) is 2.72. The van der Waals surface area contributed by atoms with Crippen molar-refractivity contribution < 1.29 is 24.1 Å². The van der Waals surface area contributed by atoms with Gasteiger partial charge in [-0.2, -0.15) is 0 Å². The van der Waals surface area contributed by atoms with Gasteiger partial charge in [0.1, 0.15) is 12.3 Å². The molecule has 158 valence electrons. The molecule has 0 spiro atoms. The summed E-state index contributed by atoms with van der Waals surface area (Å²) in [6.45, 7) is 9.92. The molecule has 1 aliphatic rings. The Bertz CT molecular complexity index is 779. The van der Waals surface area contributed by atoms with Crippen LogP contribution in [-0.4, -0.2) is 47.7 Å². The van der Waals surface area contributed by atoms with Crippen LogP contribution < -0.4 is 5.32 Å². The quantitative estimate of drug-likeness (QED) is 0.318. The molecule has 2 rings (SSSR count). The highest BCUT2D eigenvalue weighted by Gasteiger charge is 2.29. The van der Waals surface area contributed by atoms with Crippen LogP contribution in [0.4, 0.5) is 11.4 Å². The smallest absolute Gasteiger partial charge is 0.338 e. The normalized spacial score (nSPS) is 15.4. The maximum absolute atomic E-state index is 12.0. The Kier molecular flexibility index (Phi) is 7.33. The number of rotatable bonds is 7. The molecular weight excluding hydrogens is 378 g/mol. The number of carbonyl (C=O) groups is 2. The molecular formula is C20H27N3O6. The van der Waals surface area contributed by atoms with Gasteiger partial charge in [-0.3, -0.25) is 10.1 Å². The van der Waals surface area contributed by atoms with Crippen molar-refractivity contribution >= 4 is 23.3 Å². The summed E-state index contributed by atoms with van der Waals surface area (Å²) in [6, 6.07) is 4.18. The van der Waals surface area contributed by atoms with Crippen LogP contribution in [0.25, 0.3) is 0 Å². The van der Waals surface area contributed by atoms with Gasteiger partial charge in [0, 0.05) is 25.2 Å². The SMILES string of the molecule is C=CCOC(=O)c1ccc(NC2CCN(OC(=O)C(C)(C)C)CC2)c([N+](=O)[O-])c1. The average molecular weight is 405 g/mol. The standard InChI is InChI=1S/C20H27N3O6/c1-5-12-28-18(24)14-6-7-16(17(13-14)23(26)27)21-15-8-10-22(11-9-15)29-19(25)20(2,3)4/h5-7,13,15,21H,1,8-12H2,2-4H3. The number of nitrogens with zero attached hydrogens (tertiary/aromatic N) is 2. The van der Waals surface area contributed by atoms with Crippen molar-refractivity contribution in [3.05, 3.63) is 46.5 Å². The van der Waals surface area contributed by atoms with E-state index >= 15 is 0 Å². The number of nitro groups is 1. The van der Waals surface area contributed by atoms with E-state index in [1.54, 1.807) is 25.8 Å². The largest absolute Gasteiger partial charge is 0.458 e. The van der Waals surface area contributed by atoms with Gasteiger partial charge in [0.2, 0.25) is 0 Å². The van der Waals surface area contributed by atoms with Crippen LogP contribution in [0.1, 0.15) is 44.0 Å². The third-order valence-corrected chi connectivity index (χ3v) is 4.40. The fourth-order valence-corrected chi connectivity index (χ4v) is 2.72. The first-order valence-corrected chi connectivity index (χ1v) is 9.42. The van der Waals surface area contributed by atoms with Crippen LogP contribution in [-0.2, 0) is 14.4 Å². The third-order valence-electron chi connectivity index (χ3n) is 4.40. The minimum absolute atomic E-state index is 0.0168. The molecule has 1 aromatic rings. The van der Waals surface area contributed by atoms with E-state index in [0.717, 1.165) is 0 Å². The highest BCUT2D eigenvalue weighted by Crippen LogP contribution is 2.28. The van der Waals surface area contributed by atoms with Crippen molar-refractivity contribution in [3.63, 3.8) is 0 Å². The van der Waals surface area contributed by atoms with Crippen LogP contribution in [0.3, 0.4) is 0 Å². The van der Waals surface area contributed by atoms with Gasteiger partial charge in [0.25, 0.3) is 5.69 Å². The zero-order valence-corrected chi connectivity index (χ0v) is 17.0. The van der Waals surface area contributed by atoms with Crippen molar-refractivity contribution in [2.75, 3.05) is 25.0 Å². The van der Waals surface area contributed by atoms with Crippen molar-refractivity contribution in [1.29, 1.82) is 0 Å². The van der Waals surface area contributed by atoms with Gasteiger partial charge in [0.05, 0.1) is 15.9 Å². The number of benzene rings is 1. The molecule has 0 saturated carbocycles. The summed E-state index contributed by atoms with van der Waals surface area (Å²) in [4.78, 5) is 40.2. The van der Waals surface area contributed by atoms with E-state index < -0.39 is 16.3 Å². The van der Waals surface area contributed by atoms with Crippen molar-refractivity contribution in [2.24, 2.45) is 5.41 Å². The number of hydrogen-bond acceptors (Lipinski definition) is 8. The maximum Gasteiger partial charge on any atom is 0.338 e. The first-order valence-electron chi connectivity index (χ1n) is 9.42. The number of nitrogens with one attached hydrogen (secondary N) is 1. The first-order chi connectivity index (χ1) is 13.6. The molecule has 0 unspecified atom stereocenters. The molecule has 1 saturated heterocycles. The maximum atomic E-state index is 12.0. The van der Waals surface area contributed by atoms with E-state index in [9.17, 15) is 19.7 Å². The van der Waals surface area contributed by atoms with Crippen molar-refractivity contribution in [1.82, 2.24) is 5.06 Å². The second-order valence-corrected chi connectivity index (χ2v) is 7.85. The summed E-state index contributed by atoms with van der Waals surface area (Å²) in [5.74, 6) is -0.938. The molecule has 0 aliphatic carbocycles. The lowest BCUT2D eigenvalue weighted by atomic mass is 9.98. The lowest BCUT2D eigenvalue weighted by Gasteiger charge is -2.32. The number of anilines is 1. The second-order valence-electron chi connectivity index (χ2n) is 7.85. The molecule has 9 heteroatoms. The van der Waals surface area contributed by atoms with Crippen LogP contribution >= 0.6 is 0 Å². The molecule has 0 bridgehead atoms. The molecule has 1 fully saturated rings. The molecule has 0 atom stereocenters. The highest BCUT2D eigenvalue weighted by atomic mass is 16.7. The lowest BCUT2D eigenvalue weighted by molar-refractivity contribution is -0.384. The summed E-state index contributed by atoms with van der Waals surface area (Å²) >= 11 is 0. The Morgan fingerprint density at radius 2 is 2.00 bits per heavy atom. The molecule has 0 radical (unpaired) electrons. The molecule has 0 aromatic heterocycles. The van der Waals surface area contributed by atoms with Crippen LogP contribution in [0.2, 0.25) is 0 Å².